The maximum absolute atomic E-state index is 4.24. The Morgan fingerprint density at radius 3 is 2.75 bits per heavy atom. The number of nitrogens with one attached hydrogen (secondary N) is 1. The van der Waals surface area contributed by atoms with Crippen LogP contribution < -0.4 is 5.32 Å². The lowest BCUT2D eigenvalue weighted by molar-refractivity contribution is 0.525. The monoisotopic (exact) mass is 269 g/mol. The lowest BCUT2D eigenvalue weighted by Crippen LogP contribution is -2.15. The maximum Gasteiger partial charge on any atom is 0.0659 e. The third-order valence-electron chi connectivity index (χ3n) is 4.35. The molecule has 1 saturated carbocycles. The van der Waals surface area contributed by atoms with Crippen LogP contribution in [-0.2, 0) is 6.54 Å². The van der Waals surface area contributed by atoms with Gasteiger partial charge in [0.15, 0.2) is 0 Å². The molecule has 0 radical (unpaired) electrons. The Labute approximate surface area is 121 Å². The van der Waals surface area contributed by atoms with Crippen molar-refractivity contribution in [2.75, 3.05) is 5.32 Å². The zero-order valence-corrected chi connectivity index (χ0v) is 12.1. The normalized spacial score (nSPS) is 22.1. The Kier molecular flexibility index (Phi) is 4.05. The predicted molar refractivity (Wildman–Crippen MR) is 82.8 cm³/mol. The fourth-order valence-corrected chi connectivity index (χ4v) is 3.10. The van der Waals surface area contributed by atoms with Gasteiger partial charge in [-0.2, -0.15) is 5.10 Å². The molecule has 1 aromatic heterocycles. The smallest absolute Gasteiger partial charge is 0.0659 e. The van der Waals surface area contributed by atoms with E-state index in [1.54, 1.807) is 0 Å². The van der Waals surface area contributed by atoms with Crippen molar-refractivity contribution in [1.82, 2.24) is 9.78 Å². The van der Waals surface area contributed by atoms with E-state index >= 15 is 0 Å². The van der Waals surface area contributed by atoms with Crippen LogP contribution in [0.1, 0.15) is 38.2 Å². The molecule has 2 atom stereocenters. The van der Waals surface area contributed by atoms with Crippen molar-refractivity contribution in [3.63, 3.8) is 0 Å². The highest BCUT2D eigenvalue weighted by atomic mass is 15.3. The molecule has 1 aliphatic rings. The predicted octanol–water partition coefficient (Wildman–Crippen LogP) is 3.92. The molecule has 1 aromatic carbocycles. The molecular weight excluding hydrogens is 246 g/mol. The highest BCUT2D eigenvalue weighted by Crippen LogP contribution is 2.30. The Balaban J connectivity index is 1.56. The average molecular weight is 269 g/mol. The van der Waals surface area contributed by atoms with Crippen molar-refractivity contribution in [3.8, 4) is 0 Å². The van der Waals surface area contributed by atoms with Crippen LogP contribution in [-0.4, -0.2) is 15.8 Å². The summed E-state index contributed by atoms with van der Waals surface area (Å²) >= 11 is 0. The summed E-state index contributed by atoms with van der Waals surface area (Å²) < 4.78 is 1.95. The molecule has 0 amide bonds. The summed E-state index contributed by atoms with van der Waals surface area (Å²) in [5.74, 6) is 0.923. The summed E-state index contributed by atoms with van der Waals surface area (Å²) in [6.07, 6.45) is 9.15. The number of aromatic nitrogens is 2. The zero-order valence-electron chi connectivity index (χ0n) is 12.1. The van der Waals surface area contributed by atoms with Crippen molar-refractivity contribution in [2.45, 2.75) is 45.2 Å². The number of rotatable bonds is 5. The Morgan fingerprint density at radius 1 is 1.25 bits per heavy atom. The van der Waals surface area contributed by atoms with Crippen LogP contribution >= 0.6 is 0 Å². The molecular formula is C17H23N3. The van der Waals surface area contributed by atoms with Crippen molar-refractivity contribution < 1.29 is 0 Å². The molecule has 3 heteroatoms. The topological polar surface area (TPSA) is 29.9 Å². The van der Waals surface area contributed by atoms with Gasteiger partial charge < -0.3 is 5.32 Å². The number of nitrogens with zero attached hydrogens (tertiary/aromatic N) is 2. The maximum atomic E-state index is 4.24. The second-order valence-electron chi connectivity index (χ2n) is 5.83. The van der Waals surface area contributed by atoms with Gasteiger partial charge in [-0.15, -0.1) is 0 Å². The molecule has 20 heavy (non-hydrogen) atoms. The Morgan fingerprint density at radius 2 is 2.10 bits per heavy atom. The molecule has 3 nitrogen and oxygen atoms in total. The SMILES string of the molecule is CCC1CCC(Nc2ccc(Cn3cccn3)cc2)C1. The first-order chi connectivity index (χ1) is 9.83. The van der Waals surface area contributed by atoms with Crippen molar-refractivity contribution in [3.05, 3.63) is 48.3 Å². The van der Waals surface area contributed by atoms with E-state index in [0.29, 0.717) is 6.04 Å². The summed E-state index contributed by atoms with van der Waals surface area (Å²) in [6, 6.07) is 11.4. The van der Waals surface area contributed by atoms with Crippen LogP contribution in [0.3, 0.4) is 0 Å². The van der Waals surface area contributed by atoms with Crippen molar-refractivity contribution in [2.24, 2.45) is 5.92 Å². The number of hydrogen-bond donors (Lipinski definition) is 1. The highest BCUT2D eigenvalue weighted by molar-refractivity contribution is 5.45. The second-order valence-corrected chi connectivity index (χ2v) is 5.83. The standard InChI is InChI=1S/C17H23N3/c1-2-14-4-9-17(12-14)19-16-7-5-15(6-8-16)13-20-11-3-10-18-20/h3,5-8,10-11,14,17,19H,2,4,9,12-13H2,1H3. The summed E-state index contributed by atoms with van der Waals surface area (Å²) in [6.45, 7) is 3.14. The molecule has 3 rings (SSSR count). The van der Waals surface area contributed by atoms with E-state index in [1.807, 2.05) is 23.1 Å². The zero-order chi connectivity index (χ0) is 13.8. The molecule has 0 spiro atoms. The summed E-state index contributed by atoms with van der Waals surface area (Å²) in [5, 5.41) is 7.90. The summed E-state index contributed by atoms with van der Waals surface area (Å²) in [5.41, 5.74) is 2.54. The lowest BCUT2D eigenvalue weighted by atomic mass is 10.1. The summed E-state index contributed by atoms with van der Waals surface area (Å²) in [7, 11) is 0. The minimum absolute atomic E-state index is 0.664. The van der Waals surface area contributed by atoms with E-state index in [1.165, 1.54) is 36.9 Å². The van der Waals surface area contributed by atoms with Crippen LogP contribution in [0.4, 0.5) is 5.69 Å². The molecule has 0 bridgehead atoms. The van der Waals surface area contributed by atoms with Crippen LogP contribution in [0.2, 0.25) is 0 Å². The van der Waals surface area contributed by atoms with Crippen molar-refractivity contribution >= 4 is 5.69 Å². The van der Waals surface area contributed by atoms with Crippen LogP contribution in [0.25, 0.3) is 0 Å². The van der Waals surface area contributed by atoms with E-state index in [4.69, 9.17) is 0 Å². The molecule has 0 aliphatic heterocycles. The third-order valence-corrected chi connectivity index (χ3v) is 4.35. The van der Waals surface area contributed by atoms with E-state index in [-0.39, 0.29) is 0 Å². The Hall–Kier alpha value is -1.77. The van der Waals surface area contributed by atoms with Gasteiger partial charge in [0.2, 0.25) is 0 Å². The molecule has 2 unspecified atom stereocenters. The fraction of sp³-hybridized carbons (Fsp3) is 0.471. The molecule has 1 heterocycles. The van der Waals surface area contributed by atoms with Gasteiger partial charge in [0.05, 0.1) is 6.54 Å². The Bertz CT molecular complexity index is 516. The average Bonchev–Trinajstić information content (AvgIpc) is 3.12. The fourth-order valence-electron chi connectivity index (χ4n) is 3.10. The van der Waals surface area contributed by atoms with E-state index in [9.17, 15) is 0 Å². The highest BCUT2D eigenvalue weighted by Gasteiger charge is 2.22. The van der Waals surface area contributed by atoms with Crippen LogP contribution in [0, 0.1) is 5.92 Å². The first-order valence-corrected chi connectivity index (χ1v) is 7.66. The van der Waals surface area contributed by atoms with Gasteiger partial charge >= 0.3 is 0 Å². The molecule has 1 aliphatic carbocycles. The van der Waals surface area contributed by atoms with Crippen molar-refractivity contribution in [1.29, 1.82) is 0 Å². The first kappa shape index (κ1) is 13.2. The van der Waals surface area contributed by atoms with Crippen LogP contribution in [0.15, 0.2) is 42.7 Å². The largest absolute Gasteiger partial charge is 0.382 e. The van der Waals surface area contributed by atoms with E-state index < -0.39 is 0 Å². The quantitative estimate of drug-likeness (QED) is 0.891. The minimum Gasteiger partial charge on any atom is -0.382 e. The summed E-state index contributed by atoms with van der Waals surface area (Å²) in [4.78, 5) is 0. The second kappa shape index (κ2) is 6.12. The van der Waals surface area contributed by atoms with Gasteiger partial charge in [0.1, 0.15) is 0 Å². The van der Waals surface area contributed by atoms with Crippen LogP contribution in [0.5, 0.6) is 0 Å². The molecule has 1 N–H and O–H groups in total. The number of hydrogen-bond acceptors (Lipinski definition) is 2. The van der Waals surface area contributed by atoms with Gasteiger partial charge in [0, 0.05) is 24.1 Å². The molecule has 1 fully saturated rings. The van der Waals surface area contributed by atoms with Gasteiger partial charge in [0.25, 0.3) is 0 Å². The van der Waals surface area contributed by atoms with E-state index in [0.717, 1.165) is 12.5 Å². The van der Waals surface area contributed by atoms with Gasteiger partial charge in [-0.25, -0.2) is 0 Å². The molecule has 106 valence electrons. The molecule has 0 saturated heterocycles. The third kappa shape index (κ3) is 3.21. The van der Waals surface area contributed by atoms with Gasteiger partial charge in [-0.1, -0.05) is 25.5 Å². The van der Waals surface area contributed by atoms with Gasteiger partial charge in [-0.05, 0) is 48.9 Å². The molecule has 2 aromatic rings. The number of anilines is 1. The van der Waals surface area contributed by atoms with Gasteiger partial charge in [-0.3, -0.25) is 4.68 Å². The first-order valence-electron chi connectivity index (χ1n) is 7.66. The number of benzene rings is 1. The van der Waals surface area contributed by atoms with E-state index in [2.05, 4.69) is 41.6 Å². The minimum atomic E-state index is 0.664. The lowest BCUT2D eigenvalue weighted by Gasteiger charge is -2.14.